The predicted molar refractivity (Wildman–Crippen MR) is 130 cm³/mol. The van der Waals surface area contributed by atoms with E-state index in [1.165, 1.54) is 4.57 Å². The van der Waals surface area contributed by atoms with E-state index >= 15 is 0 Å². The third-order valence-corrected chi connectivity index (χ3v) is 6.24. The van der Waals surface area contributed by atoms with Crippen LogP contribution in [0.25, 0.3) is 10.9 Å². The van der Waals surface area contributed by atoms with Crippen molar-refractivity contribution in [3.05, 3.63) is 99.3 Å². The summed E-state index contributed by atoms with van der Waals surface area (Å²) in [6.45, 7) is 2.28. The predicted octanol–water partition coefficient (Wildman–Crippen LogP) is 5.12. The molecule has 0 aliphatic carbocycles. The van der Waals surface area contributed by atoms with Crippen molar-refractivity contribution < 1.29 is 4.79 Å². The quantitative estimate of drug-likeness (QED) is 0.293. The van der Waals surface area contributed by atoms with Gasteiger partial charge in [-0.15, -0.1) is 11.8 Å². The number of hydrazine groups is 1. The maximum Gasteiger partial charge on any atom is 0.269 e. The lowest BCUT2D eigenvalue weighted by Gasteiger charge is -2.14. The topological polar surface area (TPSA) is 76.0 Å². The molecule has 162 valence electrons. The van der Waals surface area contributed by atoms with Crippen LogP contribution >= 0.6 is 23.4 Å². The van der Waals surface area contributed by atoms with Gasteiger partial charge in [0.2, 0.25) is 5.95 Å². The fourth-order valence-electron chi connectivity index (χ4n) is 3.19. The molecule has 8 heteroatoms. The molecule has 0 atom stereocenters. The Morgan fingerprint density at radius 2 is 1.75 bits per heavy atom. The fraction of sp³-hybridized carbons (Fsp3) is 0.125. The third-order valence-electron chi connectivity index (χ3n) is 4.90. The molecule has 0 fully saturated rings. The largest absolute Gasteiger partial charge is 0.277 e. The SMILES string of the molecule is CCn1c(NNC(=O)c2ccc(CSc3ccc(Cl)cc3)cc2)nc2ccccc2c1=O. The van der Waals surface area contributed by atoms with Gasteiger partial charge in [-0.2, -0.15) is 0 Å². The van der Waals surface area contributed by atoms with Crippen molar-refractivity contribution >= 4 is 46.1 Å². The molecule has 0 unspecified atom stereocenters. The number of benzene rings is 3. The van der Waals surface area contributed by atoms with Gasteiger partial charge in [0, 0.05) is 27.8 Å². The molecule has 2 N–H and O–H groups in total. The summed E-state index contributed by atoms with van der Waals surface area (Å²) in [6.07, 6.45) is 0. The van der Waals surface area contributed by atoms with Gasteiger partial charge in [-0.3, -0.25) is 25.0 Å². The van der Waals surface area contributed by atoms with Crippen LogP contribution in [0.2, 0.25) is 5.02 Å². The molecule has 0 spiro atoms. The number of thioether (sulfide) groups is 1. The van der Waals surface area contributed by atoms with Crippen LogP contribution in [0, 0.1) is 0 Å². The van der Waals surface area contributed by atoms with Gasteiger partial charge < -0.3 is 0 Å². The number of fused-ring (bicyclic) bond motifs is 1. The van der Waals surface area contributed by atoms with E-state index in [9.17, 15) is 9.59 Å². The molecule has 3 aromatic carbocycles. The van der Waals surface area contributed by atoms with Crippen LogP contribution in [-0.4, -0.2) is 15.5 Å². The van der Waals surface area contributed by atoms with Gasteiger partial charge in [-0.25, -0.2) is 4.98 Å². The number of hydrogen-bond donors (Lipinski definition) is 2. The monoisotopic (exact) mass is 464 g/mol. The zero-order valence-electron chi connectivity index (χ0n) is 17.3. The Kier molecular flexibility index (Phi) is 6.78. The zero-order valence-corrected chi connectivity index (χ0v) is 18.9. The second-order valence-electron chi connectivity index (χ2n) is 7.02. The van der Waals surface area contributed by atoms with Crippen LogP contribution in [0.4, 0.5) is 5.95 Å². The number of anilines is 1. The Morgan fingerprint density at radius 3 is 2.47 bits per heavy atom. The van der Waals surface area contributed by atoms with E-state index < -0.39 is 0 Å². The number of hydrogen-bond acceptors (Lipinski definition) is 5. The maximum atomic E-state index is 12.7. The summed E-state index contributed by atoms with van der Waals surface area (Å²) in [7, 11) is 0. The number of halogens is 1. The van der Waals surface area contributed by atoms with E-state index in [0.29, 0.717) is 34.0 Å². The normalized spacial score (nSPS) is 10.8. The van der Waals surface area contributed by atoms with Crippen molar-refractivity contribution in [2.45, 2.75) is 24.1 Å². The number of carbonyl (C=O) groups is 1. The summed E-state index contributed by atoms with van der Waals surface area (Å²) in [5.74, 6) is 0.762. The number of para-hydroxylation sites is 1. The van der Waals surface area contributed by atoms with Gasteiger partial charge in [0.25, 0.3) is 11.5 Å². The molecular formula is C24H21ClN4O2S. The van der Waals surface area contributed by atoms with Crippen molar-refractivity contribution in [1.29, 1.82) is 0 Å². The van der Waals surface area contributed by atoms with Crippen LogP contribution in [0.1, 0.15) is 22.8 Å². The van der Waals surface area contributed by atoms with Crippen LogP contribution in [0.5, 0.6) is 0 Å². The second kappa shape index (κ2) is 9.89. The number of nitrogens with zero attached hydrogens (tertiary/aromatic N) is 2. The molecule has 1 amide bonds. The van der Waals surface area contributed by atoms with Crippen molar-refractivity contribution in [3.63, 3.8) is 0 Å². The highest BCUT2D eigenvalue weighted by molar-refractivity contribution is 7.98. The lowest BCUT2D eigenvalue weighted by molar-refractivity contribution is 0.0962. The highest BCUT2D eigenvalue weighted by Gasteiger charge is 2.11. The number of carbonyl (C=O) groups excluding carboxylic acids is 1. The van der Waals surface area contributed by atoms with Gasteiger partial charge in [-0.05, 0) is 61.0 Å². The van der Waals surface area contributed by atoms with Gasteiger partial charge >= 0.3 is 0 Å². The molecule has 0 saturated heterocycles. The first kappa shape index (κ1) is 21.9. The second-order valence-corrected chi connectivity index (χ2v) is 8.51. The number of aromatic nitrogens is 2. The molecule has 0 bridgehead atoms. The summed E-state index contributed by atoms with van der Waals surface area (Å²) in [5, 5.41) is 1.26. The minimum absolute atomic E-state index is 0.155. The molecule has 0 saturated carbocycles. The Hall–Kier alpha value is -3.29. The van der Waals surface area contributed by atoms with Gasteiger partial charge in [0.05, 0.1) is 10.9 Å². The standard InChI is InChI=1S/C24H21ClN4O2S/c1-2-29-23(31)20-5-3-4-6-21(20)26-24(29)28-27-22(30)17-9-7-16(8-10-17)15-32-19-13-11-18(25)12-14-19/h3-14H,2,15H2,1H3,(H,26,28)(H,27,30). The minimum atomic E-state index is -0.313. The highest BCUT2D eigenvalue weighted by atomic mass is 35.5. The van der Waals surface area contributed by atoms with Crippen molar-refractivity contribution in [2.24, 2.45) is 0 Å². The molecule has 0 aliphatic heterocycles. The van der Waals surface area contributed by atoms with E-state index in [4.69, 9.17) is 11.6 Å². The molecule has 1 heterocycles. The van der Waals surface area contributed by atoms with Gasteiger partial charge in [0.1, 0.15) is 0 Å². The van der Waals surface area contributed by atoms with E-state index in [1.807, 2.05) is 49.4 Å². The molecule has 1 aromatic heterocycles. The average molecular weight is 465 g/mol. The highest BCUT2D eigenvalue weighted by Crippen LogP contribution is 2.24. The maximum absolute atomic E-state index is 12.7. The Balaban J connectivity index is 1.41. The van der Waals surface area contributed by atoms with E-state index in [-0.39, 0.29) is 11.5 Å². The number of nitrogens with one attached hydrogen (secondary N) is 2. The lowest BCUT2D eigenvalue weighted by Crippen LogP contribution is -2.34. The van der Waals surface area contributed by atoms with Crippen LogP contribution in [-0.2, 0) is 12.3 Å². The first-order valence-corrected chi connectivity index (χ1v) is 11.4. The van der Waals surface area contributed by atoms with Gasteiger partial charge in [0.15, 0.2) is 0 Å². The first-order valence-electron chi connectivity index (χ1n) is 10.1. The third kappa shape index (κ3) is 4.95. The summed E-state index contributed by atoms with van der Waals surface area (Å²) >= 11 is 7.62. The van der Waals surface area contributed by atoms with Crippen molar-refractivity contribution in [1.82, 2.24) is 15.0 Å². The van der Waals surface area contributed by atoms with Crippen molar-refractivity contribution in [3.8, 4) is 0 Å². The number of rotatable bonds is 7. The smallest absolute Gasteiger partial charge is 0.269 e. The molecule has 32 heavy (non-hydrogen) atoms. The van der Waals surface area contributed by atoms with E-state index in [1.54, 1.807) is 42.1 Å². The molecule has 4 aromatic rings. The van der Waals surface area contributed by atoms with Crippen LogP contribution in [0.3, 0.4) is 0 Å². The lowest BCUT2D eigenvalue weighted by atomic mass is 10.1. The zero-order chi connectivity index (χ0) is 22.5. The Labute approximate surface area is 194 Å². The molecule has 4 rings (SSSR count). The Bertz CT molecular complexity index is 1300. The average Bonchev–Trinajstić information content (AvgIpc) is 2.82. The van der Waals surface area contributed by atoms with Crippen molar-refractivity contribution in [2.75, 3.05) is 5.43 Å². The number of amides is 1. The summed E-state index contributed by atoms with van der Waals surface area (Å²) in [5.41, 5.74) is 7.46. The van der Waals surface area contributed by atoms with Crippen LogP contribution < -0.4 is 16.4 Å². The molecule has 0 radical (unpaired) electrons. The minimum Gasteiger partial charge on any atom is -0.277 e. The van der Waals surface area contributed by atoms with Crippen LogP contribution in [0.15, 0.2) is 82.5 Å². The Morgan fingerprint density at radius 1 is 1.03 bits per heavy atom. The first-order chi connectivity index (χ1) is 15.5. The van der Waals surface area contributed by atoms with E-state index in [0.717, 1.165) is 16.2 Å². The van der Waals surface area contributed by atoms with E-state index in [2.05, 4.69) is 15.8 Å². The summed E-state index contributed by atoms with van der Waals surface area (Å²) in [4.78, 5) is 30.9. The summed E-state index contributed by atoms with van der Waals surface area (Å²) in [6, 6.07) is 22.2. The molecule has 6 nitrogen and oxygen atoms in total. The molecule has 0 aliphatic rings. The van der Waals surface area contributed by atoms with Gasteiger partial charge in [-0.1, -0.05) is 35.9 Å². The fourth-order valence-corrected chi connectivity index (χ4v) is 4.17. The summed E-state index contributed by atoms with van der Waals surface area (Å²) < 4.78 is 1.49. The molecular weight excluding hydrogens is 444 g/mol.